The first-order valence-corrected chi connectivity index (χ1v) is 9.91. The Morgan fingerprint density at radius 3 is 2.29 bits per heavy atom. The van der Waals surface area contributed by atoms with Crippen molar-refractivity contribution in [1.82, 2.24) is 9.97 Å². The summed E-state index contributed by atoms with van der Waals surface area (Å²) in [6, 6.07) is 5.44. The lowest BCUT2D eigenvalue weighted by Crippen LogP contribution is -2.58. The second kappa shape index (κ2) is 9.58. The molecule has 1 saturated heterocycles. The Morgan fingerprint density at radius 1 is 1.00 bits per heavy atom. The number of aromatic nitrogens is 2. The first kappa shape index (κ1) is 23.6. The van der Waals surface area contributed by atoms with Crippen molar-refractivity contribution in [2.45, 2.75) is 62.9 Å². The van der Waals surface area contributed by atoms with Gasteiger partial charge in [-0.15, -0.1) is 0 Å². The third kappa shape index (κ3) is 5.39. The normalized spacial score (nSPS) is 26.8. The molecule has 0 spiro atoms. The Balaban J connectivity index is 1.61. The van der Waals surface area contributed by atoms with Crippen LogP contribution in [0.15, 0.2) is 30.6 Å². The van der Waals surface area contributed by atoms with Gasteiger partial charge in [0.2, 0.25) is 0 Å². The van der Waals surface area contributed by atoms with Crippen LogP contribution in [0.1, 0.15) is 29.7 Å². The number of benzene rings is 1. The molecular weight excluding hydrogens is 417 g/mol. The van der Waals surface area contributed by atoms with Crippen molar-refractivity contribution in [3.63, 3.8) is 0 Å². The molecule has 5 atom stereocenters. The van der Waals surface area contributed by atoms with Gasteiger partial charge in [0, 0.05) is 5.56 Å². The molecule has 0 bridgehead atoms. The van der Waals surface area contributed by atoms with Crippen LogP contribution in [-0.4, -0.2) is 67.5 Å². The Morgan fingerprint density at radius 2 is 1.71 bits per heavy atom. The molecule has 2 heterocycles. The van der Waals surface area contributed by atoms with Gasteiger partial charge in [0.1, 0.15) is 24.4 Å². The highest BCUT2D eigenvalue weighted by atomic mass is 19.4. The Labute approximate surface area is 177 Å². The summed E-state index contributed by atoms with van der Waals surface area (Å²) in [7, 11) is 0. The van der Waals surface area contributed by atoms with E-state index in [4.69, 9.17) is 4.74 Å². The minimum atomic E-state index is -4.54. The average Bonchev–Trinajstić information content (AvgIpc) is 2.74. The predicted octanol–water partition coefficient (Wildman–Crippen LogP) is 1.64. The zero-order chi connectivity index (χ0) is 22.8. The summed E-state index contributed by atoms with van der Waals surface area (Å²) in [4.78, 5) is 7.29. The van der Waals surface area contributed by atoms with Crippen molar-refractivity contribution in [2.24, 2.45) is 0 Å². The lowest BCUT2D eigenvalue weighted by atomic mass is 9.91. The van der Waals surface area contributed by atoms with E-state index in [-0.39, 0.29) is 0 Å². The van der Waals surface area contributed by atoms with Crippen LogP contribution in [0.5, 0.6) is 0 Å². The molecule has 1 fully saturated rings. The zero-order valence-electron chi connectivity index (χ0n) is 16.8. The lowest BCUT2D eigenvalue weighted by Gasteiger charge is -2.40. The van der Waals surface area contributed by atoms with E-state index >= 15 is 0 Å². The monoisotopic (exact) mass is 442 g/mol. The van der Waals surface area contributed by atoms with Crippen LogP contribution in [0.3, 0.4) is 0 Å². The van der Waals surface area contributed by atoms with Crippen LogP contribution in [-0.2, 0) is 17.3 Å². The van der Waals surface area contributed by atoms with Gasteiger partial charge < -0.3 is 25.2 Å². The molecule has 0 aliphatic carbocycles. The number of aryl methyl sites for hydroxylation is 2. The zero-order valence-corrected chi connectivity index (χ0v) is 16.8. The van der Waals surface area contributed by atoms with Gasteiger partial charge in [-0.3, -0.25) is 4.98 Å². The summed E-state index contributed by atoms with van der Waals surface area (Å²) >= 11 is 0. The molecule has 2 aromatic rings. The molecule has 10 heteroatoms. The molecule has 4 N–H and O–H groups in total. The number of rotatable bonds is 6. The van der Waals surface area contributed by atoms with E-state index in [9.17, 15) is 33.6 Å². The number of ether oxygens (including phenoxy) is 1. The van der Waals surface area contributed by atoms with Crippen molar-refractivity contribution in [1.29, 1.82) is 0 Å². The molecule has 1 aromatic heterocycles. The van der Waals surface area contributed by atoms with E-state index in [2.05, 4.69) is 9.97 Å². The summed E-state index contributed by atoms with van der Waals surface area (Å²) in [5.74, 6) is 0. The number of halogens is 3. The Hall–Kier alpha value is -2.11. The predicted molar refractivity (Wildman–Crippen MR) is 104 cm³/mol. The SMILES string of the molecule is Cc1cc(-c2cnc(C(F)(F)F)cn2)ccc1CCC[C@H]1O[C@H](CO)[C@@H](O)[C@H](O)[C@@H]1O. The van der Waals surface area contributed by atoms with E-state index in [1.807, 2.05) is 19.1 Å². The lowest BCUT2D eigenvalue weighted by molar-refractivity contribution is -0.230. The van der Waals surface area contributed by atoms with E-state index in [0.717, 1.165) is 17.3 Å². The number of hydrogen-bond donors (Lipinski definition) is 4. The standard InChI is InChI=1S/C21H25F3N2O5/c1-11-7-13(14-8-26-17(9-25-14)21(22,23)24)6-5-12(11)3-2-4-15-18(28)20(30)19(29)16(10-27)31-15/h5-9,15-16,18-20,27-30H,2-4,10H2,1H3/t15-,16-,18-,19-,20-/m1/s1. The number of hydrogen-bond acceptors (Lipinski definition) is 7. The summed E-state index contributed by atoms with van der Waals surface area (Å²) < 4.78 is 43.4. The molecule has 3 rings (SSSR count). The van der Waals surface area contributed by atoms with Crippen LogP contribution in [0, 0.1) is 6.92 Å². The smallest absolute Gasteiger partial charge is 0.394 e. The fourth-order valence-corrected chi connectivity index (χ4v) is 3.67. The second-order valence-electron chi connectivity index (χ2n) is 7.69. The van der Waals surface area contributed by atoms with Gasteiger partial charge >= 0.3 is 6.18 Å². The van der Waals surface area contributed by atoms with Crippen LogP contribution in [0.25, 0.3) is 11.3 Å². The summed E-state index contributed by atoms with van der Waals surface area (Å²) in [5.41, 5.74) is 1.87. The largest absolute Gasteiger partial charge is 0.434 e. The third-order valence-electron chi connectivity index (χ3n) is 5.51. The topological polar surface area (TPSA) is 116 Å². The fourth-order valence-electron chi connectivity index (χ4n) is 3.67. The van der Waals surface area contributed by atoms with Crippen molar-refractivity contribution >= 4 is 0 Å². The summed E-state index contributed by atoms with van der Waals surface area (Å²) in [6.07, 6.45) is -6.72. The van der Waals surface area contributed by atoms with Crippen molar-refractivity contribution in [3.8, 4) is 11.3 Å². The molecule has 0 unspecified atom stereocenters. The van der Waals surface area contributed by atoms with E-state index in [1.54, 1.807) is 6.07 Å². The quantitative estimate of drug-likeness (QED) is 0.538. The maximum absolute atomic E-state index is 12.6. The van der Waals surface area contributed by atoms with Crippen LogP contribution in [0.4, 0.5) is 13.2 Å². The van der Waals surface area contributed by atoms with Gasteiger partial charge in [-0.05, 0) is 43.4 Å². The van der Waals surface area contributed by atoms with Crippen molar-refractivity contribution in [3.05, 3.63) is 47.4 Å². The number of aliphatic hydroxyl groups is 4. The van der Waals surface area contributed by atoms with Gasteiger partial charge in [-0.1, -0.05) is 12.1 Å². The highest BCUT2D eigenvalue weighted by Crippen LogP contribution is 2.29. The minimum absolute atomic E-state index is 0.337. The van der Waals surface area contributed by atoms with E-state index in [1.165, 1.54) is 0 Å². The van der Waals surface area contributed by atoms with Crippen LogP contribution >= 0.6 is 0 Å². The first-order chi connectivity index (χ1) is 14.6. The highest BCUT2D eigenvalue weighted by molar-refractivity contribution is 5.60. The first-order valence-electron chi connectivity index (χ1n) is 9.91. The van der Waals surface area contributed by atoms with Gasteiger partial charge in [0.25, 0.3) is 0 Å². The summed E-state index contributed by atoms with van der Waals surface area (Å²) in [6.45, 7) is 1.42. The van der Waals surface area contributed by atoms with Crippen LogP contribution < -0.4 is 0 Å². The highest BCUT2D eigenvalue weighted by Gasteiger charge is 2.42. The number of alkyl halides is 3. The van der Waals surface area contributed by atoms with E-state index < -0.39 is 49.0 Å². The molecule has 0 radical (unpaired) electrons. The molecule has 1 aliphatic heterocycles. The molecule has 31 heavy (non-hydrogen) atoms. The van der Waals surface area contributed by atoms with Crippen molar-refractivity contribution < 1.29 is 38.3 Å². The molecule has 0 saturated carbocycles. The van der Waals surface area contributed by atoms with E-state index in [0.29, 0.717) is 36.7 Å². The fraction of sp³-hybridized carbons (Fsp3) is 0.524. The van der Waals surface area contributed by atoms with Gasteiger partial charge in [0.15, 0.2) is 5.69 Å². The number of aliphatic hydroxyl groups excluding tert-OH is 4. The molecule has 1 aromatic carbocycles. The van der Waals surface area contributed by atoms with Crippen molar-refractivity contribution in [2.75, 3.05) is 6.61 Å². The van der Waals surface area contributed by atoms with Crippen LogP contribution in [0.2, 0.25) is 0 Å². The van der Waals surface area contributed by atoms with Gasteiger partial charge in [-0.2, -0.15) is 13.2 Å². The maximum atomic E-state index is 12.6. The Bertz CT molecular complexity index is 876. The second-order valence-corrected chi connectivity index (χ2v) is 7.69. The molecule has 0 amide bonds. The molecular formula is C21H25F3N2O5. The van der Waals surface area contributed by atoms with Gasteiger partial charge in [0.05, 0.1) is 30.8 Å². The molecule has 1 aliphatic rings. The van der Waals surface area contributed by atoms with Gasteiger partial charge in [-0.25, -0.2) is 4.98 Å². The average molecular weight is 442 g/mol. The number of nitrogens with zero attached hydrogens (tertiary/aromatic N) is 2. The summed E-state index contributed by atoms with van der Waals surface area (Å²) in [5, 5.41) is 39.1. The molecule has 170 valence electrons. The Kier molecular flexibility index (Phi) is 7.28. The third-order valence-corrected chi connectivity index (χ3v) is 5.51. The molecule has 7 nitrogen and oxygen atoms in total. The maximum Gasteiger partial charge on any atom is 0.434 e. The minimum Gasteiger partial charge on any atom is -0.394 e.